The highest BCUT2D eigenvalue weighted by Crippen LogP contribution is 2.20. The maximum Gasteiger partial charge on any atom is 0.261 e. The van der Waals surface area contributed by atoms with Crippen LogP contribution in [0.5, 0.6) is 0 Å². The van der Waals surface area contributed by atoms with Crippen molar-refractivity contribution in [1.29, 1.82) is 0 Å². The summed E-state index contributed by atoms with van der Waals surface area (Å²) in [5.41, 5.74) is 3.99. The van der Waals surface area contributed by atoms with Gasteiger partial charge in [-0.25, -0.2) is 0 Å². The lowest BCUT2D eigenvalue weighted by molar-refractivity contribution is 0.0693. The first kappa shape index (κ1) is 19.6. The van der Waals surface area contributed by atoms with E-state index in [1.54, 1.807) is 24.3 Å². The molecule has 0 aliphatic carbocycles. The Morgan fingerprint density at radius 3 is 1.50 bits per heavy atom. The lowest BCUT2D eigenvalue weighted by atomic mass is 10.1. The molecule has 2 aromatic carbocycles. The Hall–Kier alpha value is -2.46. The summed E-state index contributed by atoms with van der Waals surface area (Å²) in [6.07, 6.45) is 0. The van der Waals surface area contributed by atoms with E-state index in [4.69, 9.17) is 0 Å². The zero-order valence-electron chi connectivity index (χ0n) is 12.7. The summed E-state index contributed by atoms with van der Waals surface area (Å²) < 4.78 is 0. The summed E-state index contributed by atoms with van der Waals surface area (Å²) in [7, 11) is 3.64. The topological polar surface area (TPSA) is 40.6 Å². The molecule has 0 aromatic heterocycles. The first-order valence-electron chi connectivity index (χ1n) is 7.24. The fourth-order valence-electron chi connectivity index (χ4n) is 2.81. The first-order valence-corrected chi connectivity index (χ1v) is 7.24. The molecule has 2 aromatic rings. The molecular formula is C20H26N2O2. The smallest absolute Gasteiger partial charge is 0.261 e. The number of hydrogen-bond acceptors (Lipinski definition) is 3. The zero-order chi connectivity index (χ0) is 15.7. The van der Waals surface area contributed by atoms with E-state index in [-0.39, 0.29) is 26.7 Å². The number of rotatable bonds is 0. The Balaban J connectivity index is 0.000000224. The summed E-state index contributed by atoms with van der Waals surface area (Å²) >= 11 is 0. The Kier molecular flexibility index (Phi) is 6.43. The molecule has 0 bridgehead atoms. The van der Waals surface area contributed by atoms with Crippen LogP contribution in [0.25, 0.3) is 0 Å². The maximum atomic E-state index is 11.3. The highest BCUT2D eigenvalue weighted by atomic mass is 16.2. The van der Waals surface area contributed by atoms with Gasteiger partial charge in [0.15, 0.2) is 0 Å². The number of hydrogen-bond donors (Lipinski definition) is 0. The second-order valence-electron chi connectivity index (χ2n) is 5.66. The van der Waals surface area contributed by atoms with E-state index in [0.29, 0.717) is 11.1 Å². The normalized spacial score (nSPS) is 14.8. The van der Waals surface area contributed by atoms with Crippen LogP contribution in [0.1, 0.15) is 46.7 Å². The fourth-order valence-corrected chi connectivity index (χ4v) is 2.81. The van der Waals surface area contributed by atoms with Crippen molar-refractivity contribution in [1.82, 2.24) is 9.80 Å². The van der Waals surface area contributed by atoms with E-state index in [0.717, 1.165) is 18.0 Å². The van der Waals surface area contributed by atoms with Gasteiger partial charge in [0.2, 0.25) is 0 Å². The quantitative estimate of drug-likeness (QED) is 0.691. The predicted octanol–water partition coefficient (Wildman–Crippen LogP) is 3.82. The Labute approximate surface area is 144 Å². The van der Waals surface area contributed by atoms with Crippen LogP contribution in [0.15, 0.2) is 48.5 Å². The Morgan fingerprint density at radius 1 is 0.708 bits per heavy atom. The standard InChI is InChI=1S/C9H7NO2.C9H11N.2CH4/c1-10-8(11)6-4-2-3-5-7(6)9(10)12;1-10-6-8-4-2-3-5-9(8)7-10;;/h2-5H,1H3;2-5H,6-7H2,1H3;2*1H4. The van der Waals surface area contributed by atoms with Crippen molar-refractivity contribution in [3.8, 4) is 0 Å². The van der Waals surface area contributed by atoms with Crippen LogP contribution in [0.2, 0.25) is 0 Å². The predicted molar refractivity (Wildman–Crippen MR) is 97.9 cm³/mol. The molecule has 2 aliphatic heterocycles. The number of carbonyl (C=O) groups is 2. The van der Waals surface area contributed by atoms with Crippen LogP contribution < -0.4 is 0 Å². The molecule has 0 radical (unpaired) electrons. The maximum absolute atomic E-state index is 11.3. The van der Waals surface area contributed by atoms with Crippen LogP contribution in [0.4, 0.5) is 0 Å². The monoisotopic (exact) mass is 326 g/mol. The van der Waals surface area contributed by atoms with E-state index < -0.39 is 0 Å². The molecule has 4 heteroatoms. The summed E-state index contributed by atoms with van der Waals surface area (Å²) in [4.78, 5) is 26.1. The molecular weight excluding hydrogens is 300 g/mol. The van der Waals surface area contributed by atoms with Gasteiger partial charge >= 0.3 is 0 Å². The fraction of sp³-hybridized carbons (Fsp3) is 0.300. The van der Waals surface area contributed by atoms with Gasteiger partial charge in [-0.05, 0) is 30.3 Å². The molecule has 0 saturated heterocycles. The number of amides is 2. The number of imide groups is 1. The third-order valence-electron chi connectivity index (χ3n) is 4.00. The number of fused-ring (bicyclic) bond motifs is 2. The van der Waals surface area contributed by atoms with Crippen molar-refractivity contribution in [2.24, 2.45) is 0 Å². The lowest BCUT2D eigenvalue weighted by Crippen LogP contribution is -2.24. The summed E-state index contributed by atoms with van der Waals surface area (Å²) in [5, 5.41) is 0. The molecule has 0 fully saturated rings. The average Bonchev–Trinajstić information content (AvgIpc) is 3.02. The minimum Gasteiger partial charge on any atom is -0.298 e. The molecule has 24 heavy (non-hydrogen) atoms. The molecule has 4 nitrogen and oxygen atoms in total. The van der Waals surface area contributed by atoms with E-state index in [2.05, 4.69) is 36.2 Å². The lowest BCUT2D eigenvalue weighted by Gasteiger charge is -2.02. The second-order valence-corrected chi connectivity index (χ2v) is 5.66. The molecule has 0 spiro atoms. The van der Waals surface area contributed by atoms with Crippen LogP contribution in [0.3, 0.4) is 0 Å². The van der Waals surface area contributed by atoms with Crippen molar-refractivity contribution >= 4 is 11.8 Å². The molecule has 0 atom stereocenters. The first-order chi connectivity index (χ1) is 10.6. The molecule has 2 aliphatic rings. The number of carbonyl (C=O) groups excluding carboxylic acids is 2. The number of nitrogens with zero attached hydrogens (tertiary/aromatic N) is 2. The van der Waals surface area contributed by atoms with Crippen LogP contribution in [0, 0.1) is 0 Å². The van der Waals surface area contributed by atoms with Gasteiger partial charge in [-0.1, -0.05) is 51.3 Å². The Morgan fingerprint density at radius 2 is 1.08 bits per heavy atom. The van der Waals surface area contributed by atoms with Gasteiger partial charge in [-0.15, -0.1) is 0 Å². The van der Waals surface area contributed by atoms with Crippen molar-refractivity contribution in [2.75, 3.05) is 14.1 Å². The van der Waals surface area contributed by atoms with Crippen molar-refractivity contribution in [3.05, 3.63) is 70.8 Å². The van der Waals surface area contributed by atoms with Gasteiger partial charge in [0.25, 0.3) is 11.8 Å². The summed E-state index contributed by atoms with van der Waals surface area (Å²) in [6, 6.07) is 15.5. The highest BCUT2D eigenvalue weighted by Gasteiger charge is 2.31. The van der Waals surface area contributed by atoms with Crippen LogP contribution in [-0.4, -0.2) is 35.7 Å². The van der Waals surface area contributed by atoms with E-state index in [1.807, 2.05) is 0 Å². The molecule has 0 unspecified atom stereocenters. The van der Waals surface area contributed by atoms with Crippen LogP contribution in [-0.2, 0) is 13.1 Å². The number of benzene rings is 2. The van der Waals surface area contributed by atoms with Gasteiger partial charge in [0.05, 0.1) is 11.1 Å². The van der Waals surface area contributed by atoms with E-state index >= 15 is 0 Å². The van der Waals surface area contributed by atoms with Gasteiger partial charge in [-0.2, -0.15) is 0 Å². The van der Waals surface area contributed by atoms with Crippen molar-refractivity contribution in [3.63, 3.8) is 0 Å². The minimum absolute atomic E-state index is 0. The van der Waals surface area contributed by atoms with E-state index in [1.165, 1.54) is 18.2 Å². The van der Waals surface area contributed by atoms with Crippen LogP contribution >= 0.6 is 0 Å². The zero-order valence-corrected chi connectivity index (χ0v) is 12.7. The largest absolute Gasteiger partial charge is 0.298 e. The minimum atomic E-state index is -0.212. The molecule has 0 saturated carbocycles. The molecule has 0 N–H and O–H groups in total. The average molecular weight is 326 g/mol. The molecule has 4 rings (SSSR count). The third-order valence-corrected chi connectivity index (χ3v) is 4.00. The summed E-state index contributed by atoms with van der Waals surface area (Å²) in [5.74, 6) is -0.425. The van der Waals surface area contributed by atoms with Crippen molar-refractivity contribution in [2.45, 2.75) is 27.9 Å². The third kappa shape index (κ3) is 3.54. The van der Waals surface area contributed by atoms with Crippen molar-refractivity contribution < 1.29 is 9.59 Å². The molecule has 128 valence electrons. The SMILES string of the molecule is C.C.CN1C(=O)c2ccccc2C1=O.CN1Cc2ccccc2C1. The second kappa shape index (κ2) is 7.88. The van der Waals surface area contributed by atoms with E-state index in [9.17, 15) is 9.59 Å². The van der Waals surface area contributed by atoms with Gasteiger partial charge in [-0.3, -0.25) is 19.4 Å². The van der Waals surface area contributed by atoms with Gasteiger partial charge in [0, 0.05) is 20.1 Å². The van der Waals surface area contributed by atoms with Gasteiger partial charge in [0.1, 0.15) is 0 Å². The highest BCUT2D eigenvalue weighted by molar-refractivity contribution is 6.21. The summed E-state index contributed by atoms with van der Waals surface area (Å²) in [6.45, 7) is 2.24. The molecule has 2 heterocycles. The Bertz CT molecular complexity index is 680. The molecule has 2 amide bonds. The van der Waals surface area contributed by atoms with Gasteiger partial charge < -0.3 is 0 Å².